The van der Waals surface area contributed by atoms with Gasteiger partial charge >= 0.3 is 0 Å². The molecule has 2 aromatic rings. The Morgan fingerprint density at radius 2 is 2.10 bits per heavy atom. The minimum atomic E-state index is -0.187. The number of nitrogens with one attached hydrogen (secondary N) is 1. The smallest absolute Gasteiger partial charge is 0.269 e. The number of anilines is 1. The Bertz CT molecular complexity index is 648. The van der Waals surface area contributed by atoms with Crippen LogP contribution in [-0.2, 0) is 12.8 Å². The number of aryl methyl sites for hydroxylation is 1. The summed E-state index contributed by atoms with van der Waals surface area (Å²) in [6, 6.07) is 3.56. The second-order valence-corrected chi connectivity index (χ2v) is 4.68. The van der Waals surface area contributed by atoms with Gasteiger partial charge in [0.25, 0.3) is 5.91 Å². The van der Waals surface area contributed by atoms with Crippen LogP contribution in [0.15, 0.2) is 18.3 Å². The van der Waals surface area contributed by atoms with Gasteiger partial charge in [0, 0.05) is 12.7 Å². The summed E-state index contributed by atoms with van der Waals surface area (Å²) in [4.78, 5) is 16.0. The maximum Gasteiger partial charge on any atom is 0.269 e. The zero-order valence-corrected chi connectivity index (χ0v) is 12.7. The minimum absolute atomic E-state index is 0.187. The number of rotatable bonds is 5. The van der Waals surface area contributed by atoms with Crippen molar-refractivity contribution in [2.24, 2.45) is 0 Å². The lowest BCUT2D eigenvalue weighted by Crippen LogP contribution is -2.23. The van der Waals surface area contributed by atoms with Gasteiger partial charge in [-0.2, -0.15) is 5.10 Å². The number of nitrogen functional groups attached to an aromatic ring is 1. The molecule has 0 radical (unpaired) electrons. The molecule has 0 aliphatic carbocycles. The molecule has 3 N–H and O–H groups in total. The fourth-order valence-corrected chi connectivity index (χ4v) is 2.26. The van der Waals surface area contributed by atoms with E-state index in [2.05, 4.69) is 15.4 Å². The molecule has 0 aliphatic heterocycles. The van der Waals surface area contributed by atoms with Crippen molar-refractivity contribution in [3.8, 4) is 5.69 Å². The first-order valence-electron chi connectivity index (χ1n) is 7.23. The average molecular weight is 287 g/mol. The lowest BCUT2D eigenvalue weighted by atomic mass is 10.2. The third-order valence-electron chi connectivity index (χ3n) is 3.33. The number of pyridine rings is 1. The Morgan fingerprint density at radius 3 is 2.71 bits per heavy atom. The molecule has 0 atom stereocenters. The molecule has 2 heterocycles. The Hall–Kier alpha value is -2.37. The van der Waals surface area contributed by atoms with E-state index in [9.17, 15) is 4.79 Å². The van der Waals surface area contributed by atoms with Gasteiger partial charge in [-0.15, -0.1) is 0 Å². The number of hydrogen-bond acceptors (Lipinski definition) is 4. The second kappa shape index (κ2) is 6.39. The Labute approximate surface area is 124 Å². The zero-order chi connectivity index (χ0) is 15.4. The van der Waals surface area contributed by atoms with E-state index in [1.165, 1.54) is 0 Å². The molecule has 0 saturated carbocycles. The van der Waals surface area contributed by atoms with Crippen LogP contribution >= 0.6 is 0 Å². The molecule has 1 amide bonds. The maximum absolute atomic E-state index is 11.9. The van der Waals surface area contributed by atoms with E-state index in [4.69, 9.17) is 5.73 Å². The Kier molecular flexibility index (Phi) is 4.57. The molecule has 0 aliphatic rings. The Morgan fingerprint density at radius 1 is 1.33 bits per heavy atom. The molecule has 0 unspecified atom stereocenters. The highest BCUT2D eigenvalue weighted by molar-refractivity contribution is 5.92. The first-order valence-corrected chi connectivity index (χ1v) is 7.23. The van der Waals surface area contributed by atoms with E-state index < -0.39 is 0 Å². The summed E-state index contributed by atoms with van der Waals surface area (Å²) in [5.74, 6) is -0.187. The van der Waals surface area contributed by atoms with E-state index in [0.29, 0.717) is 12.2 Å². The van der Waals surface area contributed by atoms with Crippen molar-refractivity contribution in [2.45, 2.75) is 33.6 Å². The highest BCUT2D eigenvalue weighted by Gasteiger charge is 2.15. The predicted molar refractivity (Wildman–Crippen MR) is 82.5 cm³/mol. The summed E-state index contributed by atoms with van der Waals surface area (Å²) in [6.45, 7) is 6.50. The normalized spacial score (nSPS) is 10.6. The van der Waals surface area contributed by atoms with Crippen LogP contribution in [0.4, 0.5) is 5.69 Å². The standard InChI is InChI=1S/C15H21N5O/c1-4-11-14(16)13(5-2)20(19-11)10-7-8-18-12(9-10)15(21)17-6-3/h7-9H,4-6,16H2,1-3H3,(H,17,21). The van der Waals surface area contributed by atoms with Gasteiger partial charge < -0.3 is 11.1 Å². The topological polar surface area (TPSA) is 85.8 Å². The summed E-state index contributed by atoms with van der Waals surface area (Å²) in [5.41, 5.74) is 9.88. The fourth-order valence-electron chi connectivity index (χ4n) is 2.26. The maximum atomic E-state index is 11.9. The molecule has 0 saturated heterocycles. The fraction of sp³-hybridized carbons (Fsp3) is 0.400. The number of carbonyl (C=O) groups is 1. The number of amides is 1. The third kappa shape index (κ3) is 2.89. The molecule has 0 aromatic carbocycles. The molecule has 0 bridgehead atoms. The van der Waals surface area contributed by atoms with Crippen LogP contribution < -0.4 is 11.1 Å². The van der Waals surface area contributed by atoms with Gasteiger partial charge in [0.1, 0.15) is 5.69 Å². The number of nitrogens with zero attached hydrogens (tertiary/aromatic N) is 3. The minimum Gasteiger partial charge on any atom is -0.396 e. The van der Waals surface area contributed by atoms with E-state index in [0.717, 1.165) is 35.6 Å². The Balaban J connectivity index is 2.47. The van der Waals surface area contributed by atoms with Crippen molar-refractivity contribution in [1.29, 1.82) is 0 Å². The second-order valence-electron chi connectivity index (χ2n) is 4.68. The van der Waals surface area contributed by atoms with Crippen LogP contribution in [0.2, 0.25) is 0 Å². The summed E-state index contributed by atoms with van der Waals surface area (Å²) < 4.78 is 1.80. The van der Waals surface area contributed by atoms with E-state index >= 15 is 0 Å². The van der Waals surface area contributed by atoms with Crippen molar-refractivity contribution in [2.75, 3.05) is 12.3 Å². The third-order valence-corrected chi connectivity index (χ3v) is 3.33. The molecule has 6 heteroatoms. The van der Waals surface area contributed by atoms with Crippen molar-refractivity contribution in [3.05, 3.63) is 35.4 Å². The van der Waals surface area contributed by atoms with E-state index in [1.807, 2.05) is 26.8 Å². The van der Waals surface area contributed by atoms with Crippen LogP contribution in [0.1, 0.15) is 42.6 Å². The highest BCUT2D eigenvalue weighted by atomic mass is 16.1. The first-order chi connectivity index (χ1) is 10.1. The van der Waals surface area contributed by atoms with Gasteiger partial charge in [-0.25, -0.2) is 4.68 Å². The number of carbonyl (C=O) groups excluding carboxylic acids is 1. The van der Waals surface area contributed by atoms with Crippen molar-refractivity contribution < 1.29 is 4.79 Å². The average Bonchev–Trinajstić information content (AvgIpc) is 2.83. The molecule has 6 nitrogen and oxygen atoms in total. The lowest BCUT2D eigenvalue weighted by Gasteiger charge is -2.08. The molecule has 2 aromatic heterocycles. The van der Waals surface area contributed by atoms with Crippen molar-refractivity contribution >= 4 is 11.6 Å². The van der Waals surface area contributed by atoms with Crippen molar-refractivity contribution in [1.82, 2.24) is 20.1 Å². The molecule has 0 fully saturated rings. The molecule has 0 spiro atoms. The van der Waals surface area contributed by atoms with Crippen LogP contribution in [0, 0.1) is 0 Å². The predicted octanol–water partition coefficient (Wildman–Crippen LogP) is 1.72. The van der Waals surface area contributed by atoms with Gasteiger partial charge in [0.15, 0.2) is 0 Å². The SMILES string of the molecule is CCNC(=O)c1cc(-n2nc(CC)c(N)c2CC)ccn1. The lowest BCUT2D eigenvalue weighted by molar-refractivity contribution is 0.0951. The first kappa shape index (κ1) is 15.0. The summed E-state index contributed by atoms with van der Waals surface area (Å²) in [6.07, 6.45) is 3.17. The van der Waals surface area contributed by atoms with Crippen molar-refractivity contribution in [3.63, 3.8) is 0 Å². The monoisotopic (exact) mass is 287 g/mol. The van der Waals surface area contributed by atoms with E-state index in [1.54, 1.807) is 16.9 Å². The molecular formula is C15H21N5O. The summed E-state index contributed by atoms with van der Waals surface area (Å²) in [5, 5.41) is 7.29. The largest absolute Gasteiger partial charge is 0.396 e. The van der Waals surface area contributed by atoms with Gasteiger partial charge in [-0.3, -0.25) is 9.78 Å². The summed E-state index contributed by atoms with van der Waals surface area (Å²) >= 11 is 0. The number of nitrogens with two attached hydrogens (primary N) is 1. The van der Waals surface area contributed by atoms with Gasteiger partial charge in [0.05, 0.1) is 22.8 Å². The quantitative estimate of drug-likeness (QED) is 0.876. The highest BCUT2D eigenvalue weighted by Crippen LogP contribution is 2.22. The zero-order valence-electron chi connectivity index (χ0n) is 12.7. The van der Waals surface area contributed by atoms with Crippen LogP contribution in [0.5, 0.6) is 0 Å². The van der Waals surface area contributed by atoms with Crippen LogP contribution in [-0.4, -0.2) is 27.2 Å². The number of hydrogen-bond donors (Lipinski definition) is 2. The molecule has 112 valence electrons. The van der Waals surface area contributed by atoms with Gasteiger partial charge in [0.2, 0.25) is 0 Å². The van der Waals surface area contributed by atoms with Gasteiger partial charge in [-0.05, 0) is 31.9 Å². The van der Waals surface area contributed by atoms with Crippen LogP contribution in [0.25, 0.3) is 5.69 Å². The van der Waals surface area contributed by atoms with E-state index in [-0.39, 0.29) is 5.91 Å². The number of aromatic nitrogens is 3. The van der Waals surface area contributed by atoms with Gasteiger partial charge in [-0.1, -0.05) is 13.8 Å². The van der Waals surface area contributed by atoms with Crippen LogP contribution in [0.3, 0.4) is 0 Å². The molecule has 21 heavy (non-hydrogen) atoms. The molecule has 2 rings (SSSR count). The molecular weight excluding hydrogens is 266 g/mol. The summed E-state index contributed by atoms with van der Waals surface area (Å²) in [7, 11) is 0.